The molecule has 5 aliphatic carbocycles. The van der Waals surface area contributed by atoms with Crippen molar-refractivity contribution in [3.8, 4) is 0 Å². The van der Waals surface area contributed by atoms with Gasteiger partial charge in [-0.25, -0.2) is 0 Å². The maximum absolute atomic E-state index is 13.5. The molecule has 5 aliphatic rings. The Morgan fingerprint density at radius 2 is 1.58 bits per heavy atom. The number of rotatable bonds is 9. The van der Waals surface area contributed by atoms with Crippen LogP contribution < -0.4 is 5.32 Å². The zero-order valence-electron chi connectivity index (χ0n) is 37.6. The van der Waals surface area contributed by atoms with Crippen LogP contribution >= 0.6 is 11.6 Å². The second kappa shape index (κ2) is 15.1. The lowest BCUT2D eigenvalue weighted by Crippen LogP contribution is -2.65. The van der Waals surface area contributed by atoms with Gasteiger partial charge >= 0.3 is 11.9 Å². The Kier molecular flexibility index (Phi) is 11.7. The number of amides is 1. The molecule has 316 valence electrons. The Bertz CT molecular complexity index is 1800. The van der Waals surface area contributed by atoms with Crippen LogP contribution in [-0.4, -0.2) is 29.6 Å². The van der Waals surface area contributed by atoms with Crippen LogP contribution in [0.4, 0.5) is 0 Å². The molecule has 1 amide bonds. The van der Waals surface area contributed by atoms with Gasteiger partial charge in [0, 0.05) is 15.9 Å². The van der Waals surface area contributed by atoms with Gasteiger partial charge in [-0.1, -0.05) is 89.4 Å². The second-order valence-electron chi connectivity index (χ2n) is 22.4. The van der Waals surface area contributed by atoms with E-state index in [1.807, 2.05) is 58.0 Å². The van der Waals surface area contributed by atoms with Crippen molar-refractivity contribution in [1.82, 2.24) is 5.32 Å². The minimum atomic E-state index is -0.960. The van der Waals surface area contributed by atoms with Crippen LogP contribution in [0.3, 0.4) is 0 Å². The highest BCUT2D eigenvalue weighted by atomic mass is 35.5. The summed E-state index contributed by atoms with van der Waals surface area (Å²) in [6.07, 6.45) is 15.1. The quantitative estimate of drug-likeness (QED) is 0.153. The van der Waals surface area contributed by atoms with Gasteiger partial charge in [0.15, 0.2) is 0 Å². The van der Waals surface area contributed by atoms with Crippen molar-refractivity contribution in [1.29, 1.82) is 0 Å². The summed E-state index contributed by atoms with van der Waals surface area (Å²) in [5, 5.41) is 3.88. The summed E-state index contributed by atoms with van der Waals surface area (Å²) in [6.45, 7) is 28.5. The van der Waals surface area contributed by atoms with E-state index in [-0.39, 0.29) is 63.5 Å². The molecule has 57 heavy (non-hydrogen) atoms. The summed E-state index contributed by atoms with van der Waals surface area (Å²) in [6, 6.07) is 7.60. The molecule has 0 unspecified atom stereocenters. The second-order valence-corrected chi connectivity index (χ2v) is 22.8. The largest absolute Gasteiger partial charge is 0.462 e. The molecule has 1 N–H and O–H groups in total. The van der Waals surface area contributed by atoms with Crippen molar-refractivity contribution in [3.63, 3.8) is 0 Å². The Morgan fingerprint density at radius 3 is 2.23 bits per heavy atom. The third-order valence-corrected chi connectivity index (χ3v) is 17.0. The van der Waals surface area contributed by atoms with Gasteiger partial charge in [-0.3, -0.25) is 14.4 Å². The number of carbonyl (C=O) groups is 3. The number of nitrogens with one attached hydrogen (secondary N) is 1. The first-order valence-corrected chi connectivity index (χ1v) is 22.6. The van der Waals surface area contributed by atoms with Gasteiger partial charge < -0.3 is 14.8 Å². The Balaban J connectivity index is 1.21. The van der Waals surface area contributed by atoms with Crippen LogP contribution in [-0.2, 0) is 23.9 Å². The molecule has 9 atom stereocenters. The number of allylic oxidation sites excluding steroid dienone is 3. The molecule has 4 saturated carbocycles. The van der Waals surface area contributed by atoms with Crippen LogP contribution in [0.25, 0.3) is 0 Å². The summed E-state index contributed by atoms with van der Waals surface area (Å²) in [4.78, 5) is 40.0. The van der Waals surface area contributed by atoms with E-state index < -0.39 is 11.0 Å². The zero-order chi connectivity index (χ0) is 42.1. The minimum Gasteiger partial charge on any atom is -0.462 e. The highest BCUT2D eigenvalue weighted by molar-refractivity contribution is 6.30. The zero-order valence-corrected chi connectivity index (χ0v) is 38.4. The van der Waals surface area contributed by atoms with Crippen molar-refractivity contribution >= 4 is 29.4 Å². The van der Waals surface area contributed by atoms with Crippen LogP contribution in [0.5, 0.6) is 0 Å². The van der Waals surface area contributed by atoms with Gasteiger partial charge in [0.05, 0.1) is 17.9 Å². The first kappa shape index (κ1) is 44.0. The molecule has 0 radical (unpaired) electrons. The molecule has 0 aliphatic heterocycles. The SMILES string of the molecule is CC(C)C1=C2[C@H]3CC[C@@H]4[C@@]5(C)CC[C@H](OC(=O)CC(C)(C)C(=O)OC(C)(C)C)C(C)(C)[C@@H]5CC[C@@]4(C)[C@]3(C)CC[C@@]2(C=CC(=O)N[C@@H](C)c2cccc(Cl)c2)CC1. The van der Waals surface area contributed by atoms with E-state index in [0.29, 0.717) is 28.7 Å². The highest BCUT2D eigenvalue weighted by Crippen LogP contribution is 2.77. The van der Waals surface area contributed by atoms with Crippen molar-refractivity contribution in [2.24, 2.45) is 56.2 Å². The summed E-state index contributed by atoms with van der Waals surface area (Å²) in [5.74, 6) is 1.29. The average molecular weight is 805 g/mol. The molecule has 0 saturated heterocycles. The summed E-state index contributed by atoms with van der Waals surface area (Å²) in [7, 11) is 0. The molecule has 6 nitrogen and oxygen atoms in total. The predicted molar refractivity (Wildman–Crippen MR) is 230 cm³/mol. The lowest BCUT2D eigenvalue weighted by molar-refractivity contribution is -0.232. The molecule has 6 rings (SSSR count). The number of benzene rings is 1. The van der Waals surface area contributed by atoms with Crippen molar-refractivity contribution in [2.75, 3.05) is 0 Å². The molecule has 7 heteroatoms. The molecular weight excluding hydrogens is 730 g/mol. The van der Waals surface area contributed by atoms with Crippen LogP contribution in [0.1, 0.15) is 172 Å². The van der Waals surface area contributed by atoms with Gasteiger partial charge in [-0.15, -0.1) is 0 Å². The molecule has 0 bridgehead atoms. The fraction of sp³-hybridized carbons (Fsp3) is 0.740. The van der Waals surface area contributed by atoms with Crippen LogP contribution in [0.2, 0.25) is 5.02 Å². The number of ether oxygens (including phenoxy) is 2. The van der Waals surface area contributed by atoms with Gasteiger partial charge in [0.1, 0.15) is 11.7 Å². The van der Waals surface area contributed by atoms with Crippen LogP contribution in [0.15, 0.2) is 47.6 Å². The van der Waals surface area contributed by atoms with Gasteiger partial charge in [0.2, 0.25) is 5.91 Å². The van der Waals surface area contributed by atoms with Crippen molar-refractivity contribution in [2.45, 2.75) is 178 Å². The van der Waals surface area contributed by atoms with Gasteiger partial charge in [-0.2, -0.15) is 0 Å². The molecule has 1 aromatic rings. The maximum atomic E-state index is 13.5. The van der Waals surface area contributed by atoms with Crippen molar-refractivity contribution in [3.05, 3.63) is 58.1 Å². The first-order valence-electron chi connectivity index (χ1n) is 22.2. The van der Waals surface area contributed by atoms with E-state index in [1.54, 1.807) is 25.0 Å². The smallest absolute Gasteiger partial charge is 0.312 e. The van der Waals surface area contributed by atoms with Gasteiger partial charge in [0.25, 0.3) is 0 Å². The van der Waals surface area contributed by atoms with E-state index in [1.165, 1.54) is 25.7 Å². The molecule has 1 aromatic carbocycles. The van der Waals surface area contributed by atoms with E-state index >= 15 is 0 Å². The third kappa shape index (κ3) is 7.81. The summed E-state index contributed by atoms with van der Waals surface area (Å²) >= 11 is 6.26. The molecular formula is C50H74ClNO5. The van der Waals surface area contributed by atoms with E-state index in [0.717, 1.165) is 44.1 Å². The van der Waals surface area contributed by atoms with E-state index in [9.17, 15) is 14.4 Å². The number of fused-ring (bicyclic) bond motifs is 7. The first-order chi connectivity index (χ1) is 26.3. The highest BCUT2D eigenvalue weighted by Gasteiger charge is 2.69. The number of carbonyl (C=O) groups excluding carboxylic acids is 3. The minimum absolute atomic E-state index is 0.00850. The average Bonchev–Trinajstić information content (AvgIpc) is 3.48. The Morgan fingerprint density at radius 1 is 0.877 bits per heavy atom. The molecule has 0 spiro atoms. The number of halogens is 1. The molecule has 0 aromatic heterocycles. The van der Waals surface area contributed by atoms with Gasteiger partial charge in [-0.05, 0) is 169 Å². The normalized spacial score (nSPS) is 35.5. The molecule has 0 heterocycles. The predicted octanol–water partition coefficient (Wildman–Crippen LogP) is 12.5. The number of hydrogen-bond donors (Lipinski definition) is 1. The fourth-order valence-corrected chi connectivity index (χ4v) is 13.8. The monoisotopic (exact) mass is 804 g/mol. The third-order valence-electron chi connectivity index (χ3n) is 16.7. The Hall–Kier alpha value is -2.60. The lowest BCUT2D eigenvalue weighted by Gasteiger charge is -2.72. The number of hydrogen-bond acceptors (Lipinski definition) is 5. The summed E-state index contributed by atoms with van der Waals surface area (Å²) in [5.41, 5.74) is 2.97. The van der Waals surface area contributed by atoms with E-state index in [4.69, 9.17) is 21.1 Å². The Labute approximate surface area is 350 Å². The van der Waals surface area contributed by atoms with E-state index in [2.05, 4.69) is 59.9 Å². The standard InChI is InChI=1S/C50H74ClNO5/c1-31(2)35-19-25-50(26-22-40(53)52-32(3)33-15-14-16-34(51)29-33)28-27-48(12)36(42(35)50)17-18-38-47(11)23-21-39(46(9,10)37(47)20-24-49(38,48)13)56-41(54)30-45(7,8)43(55)57-44(4,5)6/h14-16,22,26,29,31-32,36-39H,17-21,23-25,27-28,30H2,1-13H3,(H,52,53)/t32-,36+,37-,38+,39-,47-,48+,49+,50-/m0/s1. The lowest BCUT2D eigenvalue weighted by atomic mass is 9.33. The van der Waals surface area contributed by atoms with Crippen LogP contribution in [0, 0.1) is 56.2 Å². The topological polar surface area (TPSA) is 81.7 Å². The fourth-order valence-electron chi connectivity index (χ4n) is 13.6. The molecule has 4 fully saturated rings. The summed E-state index contributed by atoms with van der Waals surface area (Å²) < 4.78 is 12.0. The number of esters is 2. The maximum Gasteiger partial charge on any atom is 0.312 e. The van der Waals surface area contributed by atoms with Crippen molar-refractivity contribution < 1.29 is 23.9 Å².